The lowest BCUT2D eigenvalue weighted by atomic mass is 10.2. The van der Waals surface area contributed by atoms with Gasteiger partial charge in [-0.25, -0.2) is 12.8 Å². The van der Waals surface area contributed by atoms with Gasteiger partial charge in [-0.3, -0.25) is 0 Å². The molecule has 0 aromatic heterocycles. The average Bonchev–Trinajstić information content (AvgIpc) is 2.07. The molecule has 0 saturated heterocycles. The molecule has 0 bridgehead atoms. The third kappa shape index (κ3) is 2.23. The van der Waals surface area contributed by atoms with Crippen LogP contribution in [0.25, 0.3) is 0 Å². The highest BCUT2D eigenvalue weighted by atomic mass is 79.9. The molecule has 0 atom stereocenters. The third-order valence-corrected chi connectivity index (χ3v) is 3.54. The number of halogens is 3. The van der Waals surface area contributed by atoms with E-state index in [1.165, 1.54) is 0 Å². The van der Waals surface area contributed by atoms with E-state index in [0.717, 1.165) is 12.1 Å². The Balaban J connectivity index is 3.56. The van der Waals surface area contributed by atoms with E-state index in [9.17, 15) is 12.8 Å². The Hall–Kier alpha value is -0.640. The van der Waals surface area contributed by atoms with Gasteiger partial charge in [0.15, 0.2) is 0 Å². The summed E-state index contributed by atoms with van der Waals surface area (Å²) in [5.41, 5.74) is -0.121. The number of nitriles is 1. The Morgan fingerprint density at radius 2 is 2.07 bits per heavy atom. The Bertz CT molecular complexity index is 523. The van der Waals surface area contributed by atoms with Gasteiger partial charge in [0.25, 0.3) is 9.05 Å². The van der Waals surface area contributed by atoms with Gasteiger partial charge in [0.2, 0.25) is 0 Å². The van der Waals surface area contributed by atoms with Gasteiger partial charge in [-0.2, -0.15) is 5.26 Å². The molecule has 0 saturated carbocycles. The highest BCUT2D eigenvalue weighted by molar-refractivity contribution is 9.10. The fourth-order valence-electron chi connectivity index (χ4n) is 0.786. The summed E-state index contributed by atoms with van der Waals surface area (Å²) in [5.74, 6) is -0.844. The summed E-state index contributed by atoms with van der Waals surface area (Å²) in [6.45, 7) is 0. The molecular formula is C7H2BrClFNO2S. The average molecular weight is 299 g/mol. The van der Waals surface area contributed by atoms with Gasteiger partial charge in [0.05, 0.1) is 14.9 Å². The predicted molar refractivity (Wildman–Crippen MR) is 51.9 cm³/mol. The highest BCUT2D eigenvalue weighted by Crippen LogP contribution is 2.25. The summed E-state index contributed by atoms with van der Waals surface area (Å²) in [6, 6.07) is 3.38. The predicted octanol–water partition coefficient (Wildman–Crippen LogP) is 2.39. The molecule has 0 unspecified atom stereocenters. The van der Waals surface area contributed by atoms with Gasteiger partial charge in [-0.15, -0.1) is 0 Å². The number of nitrogens with zero attached hydrogens (tertiary/aromatic N) is 1. The Labute approximate surface area is 92.7 Å². The quantitative estimate of drug-likeness (QED) is 0.748. The molecule has 14 heavy (non-hydrogen) atoms. The second kappa shape index (κ2) is 3.85. The molecule has 0 radical (unpaired) electrons. The van der Waals surface area contributed by atoms with Gasteiger partial charge in [0, 0.05) is 10.7 Å². The van der Waals surface area contributed by atoms with Crippen LogP contribution in [0.4, 0.5) is 4.39 Å². The Kier molecular flexibility index (Phi) is 3.14. The van der Waals surface area contributed by atoms with Gasteiger partial charge in [-0.1, -0.05) is 0 Å². The standard InChI is InChI=1S/C7H2BrClFNO2S/c8-7-4(3-11)1-5(2-6(7)10)14(9,12)13/h1-2H. The second-order valence-corrected chi connectivity index (χ2v) is 5.68. The fourth-order valence-corrected chi connectivity index (χ4v) is 1.87. The molecule has 0 fully saturated rings. The maximum Gasteiger partial charge on any atom is 0.261 e. The SMILES string of the molecule is N#Cc1cc(S(=O)(=O)Cl)cc(F)c1Br. The van der Waals surface area contributed by atoms with Crippen LogP contribution in [0.3, 0.4) is 0 Å². The normalized spacial score (nSPS) is 11.0. The number of hydrogen-bond acceptors (Lipinski definition) is 3. The maximum absolute atomic E-state index is 13.0. The van der Waals surface area contributed by atoms with Gasteiger partial charge in [-0.05, 0) is 28.1 Å². The summed E-state index contributed by atoms with van der Waals surface area (Å²) in [5, 5.41) is 8.55. The summed E-state index contributed by atoms with van der Waals surface area (Å²) < 4.78 is 34.6. The van der Waals surface area contributed by atoms with E-state index in [0.29, 0.717) is 0 Å². The molecule has 0 spiro atoms. The Morgan fingerprint density at radius 3 is 2.50 bits per heavy atom. The van der Waals surface area contributed by atoms with Crippen LogP contribution in [0, 0.1) is 17.1 Å². The molecule has 0 aliphatic carbocycles. The first-order valence-electron chi connectivity index (χ1n) is 3.20. The lowest BCUT2D eigenvalue weighted by molar-refractivity contribution is 0.599. The summed E-state index contributed by atoms with van der Waals surface area (Å²) in [7, 11) is 0.978. The first-order valence-corrected chi connectivity index (χ1v) is 6.30. The lowest BCUT2D eigenvalue weighted by Crippen LogP contribution is -1.94. The second-order valence-electron chi connectivity index (χ2n) is 2.32. The summed E-state index contributed by atoms with van der Waals surface area (Å²) >= 11 is 2.81. The van der Waals surface area contributed by atoms with Crippen LogP contribution in [-0.2, 0) is 9.05 Å². The minimum Gasteiger partial charge on any atom is -0.207 e. The van der Waals surface area contributed by atoms with E-state index in [2.05, 4.69) is 15.9 Å². The van der Waals surface area contributed by atoms with E-state index in [4.69, 9.17) is 15.9 Å². The largest absolute Gasteiger partial charge is 0.261 e. The van der Waals surface area contributed by atoms with Crippen LogP contribution in [0.2, 0.25) is 0 Å². The van der Waals surface area contributed by atoms with E-state index in [1.807, 2.05) is 0 Å². The van der Waals surface area contributed by atoms with Crippen molar-refractivity contribution in [1.82, 2.24) is 0 Å². The summed E-state index contributed by atoms with van der Waals surface area (Å²) in [6.07, 6.45) is 0. The zero-order chi connectivity index (χ0) is 10.9. The van der Waals surface area contributed by atoms with Crippen LogP contribution in [0.1, 0.15) is 5.56 Å². The van der Waals surface area contributed by atoms with Crippen molar-refractivity contribution in [3.63, 3.8) is 0 Å². The number of hydrogen-bond donors (Lipinski definition) is 0. The van der Waals surface area contributed by atoms with Crippen LogP contribution < -0.4 is 0 Å². The molecule has 1 rings (SSSR count). The summed E-state index contributed by atoms with van der Waals surface area (Å²) in [4.78, 5) is -0.434. The van der Waals surface area contributed by atoms with Crippen molar-refractivity contribution < 1.29 is 12.8 Å². The smallest absolute Gasteiger partial charge is 0.207 e. The van der Waals surface area contributed by atoms with Crippen LogP contribution >= 0.6 is 26.6 Å². The molecule has 0 aliphatic rings. The minimum absolute atomic E-state index is 0.0796. The molecule has 1 aromatic carbocycles. The van der Waals surface area contributed by atoms with E-state index in [1.54, 1.807) is 6.07 Å². The van der Waals surface area contributed by atoms with Crippen molar-refractivity contribution in [3.05, 3.63) is 28.0 Å². The van der Waals surface area contributed by atoms with Crippen molar-refractivity contribution in [3.8, 4) is 6.07 Å². The van der Waals surface area contributed by atoms with Crippen molar-refractivity contribution in [1.29, 1.82) is 5.26 Å². The number of rotatable bonds is 1. The van der Waals surface area contributed by atoms with Crippen LogP contribution in [0.5, 0.6) is 0 Å². The van der Waals surface area contributed by atoms with Crippen molar-refractivity contribution >= 4 is 35.7 Å². The first kappa shape index (κ1) is 11.4. The molecule has 74 valence electrons. The molecule has 0 aliphatic heterocycles. The van der Waals surface area contributed by atoms with Gasteiger partial charge in [0.1, 0.15) is 11.9 Å². The zero-order valence-corrected chi connectivity index (χ0v) is 9.62. The van der Waals surface area contributed by atoms with E-state index < -0.39 is 19.8 Å². The number of benzene rings is 1. The highest BCUT2D eigenvalue weighted by Gasteiger charge is 2.16. The fraction of sp³-hybridized carbons (Fsp3) is 0. The first-order chi connectivity index (χ1) is 6.36. The zero-order valence-electron chi connectivity index (χ0n) is 6.46. The minimum atomic E-state index is -4.01. The van der Waals surface area contributed by atoms with E-state index >= 15 is 0 Å². The third-order valence-electron chi connectivity index (χ3n) is 1.40. The molecule has 3 nitrogen and oxygen atoms in total. The molecule has 0 N–H and O–H groups in total. The van der Waals surface area contributed by atoms with E-state index in [-0.39, 0.29) is 10.0 Å². The lowest BCUT2D eigenvalue weighted by Gasteiger charge is -2.00. The van der Waals surface area contributed by atoms with Crippen LogP contribution in [-0.4, -0.2) is 8.42 Å². The molecule has 1 aromatic rings. The maximum atomic E-state index is 13.0. The molecular weight excluding hydrogens is 297 g/mol. The van der Waals surface area contributed by atoms with Crippen molar-refractivity contribution in [2.75, 3.05) is 0 Å². The van der Waals surface area contributed by atoms with Crippen molar-refractivity contribution in [2.24, 2.45) is 0 Å². The van der Waals surface area contributed by atoms with Gasteiger partial charge < -0.3 is 0 Å². The monoisotopic (exact) mass is 297 g/mol. The van der Waals surface area contributed by atoms with Crippen LogP contribution in [0.15, 0.2) is 21.5 Å². The molecule has 0 heterocycles. The molecule has 7 heteroatoms. The molecule has 0 amide bonds. The topological polar surface area (TPSA) is 57.9 Å². The van der Waals surface area contributed by atoms with Crippen molar-refractivity contribution in [2.45, 2.75) is 4.90 Å². The van der Waals surface area contributed by atoms with Gasteiger partial charge >= 0.3 is 0 Å². The Morgan fingerprint density at radius 1 is 1.50 bits per heavy atom.